The molecule has 0 aliphatic carbocycles. The maximum atomic E-state index is 12.2. The summed E-state index contributed by atoms with van der Waals surface area (Å²) in [7, 11) is -2.91. The molecule has 0 aliphatic heterocycles. The number of hydrogen-bond acceptors (Lipinski definition) is 5. The Labute approximate surface area is 127 Å². The van der Waals surface area contributed by atoms with Crippen LogP contribution in [0.15, 0.2) is 17.0 Å². The van der Waals surface area contributed by atoms with Crippen LogP contribution in [0.25, 0.3) is 0 Å². The van der Waals surface area contributed by atoms with Gasteiger partial charge in [0, 0.05) is 11.6 Å². The Morgan fingerprint density at radius 3 is 2.57 bits per heavy atom. The molecular weight excluding hydrogens is 322 g/mol. The van der Waals surface area contributed by atoms with Gasteiger partial charge in [-0.15, -0.1) is 0 Å². The minimum Gasteiger partial charge on any atom is -0.494 e. The molecule has 0 heterocycles. The SMILES string of the molecule is CCC(O)CNS(=O)(=O)c1cc(Cl)cc(C(=O)O)c1OC. The van der Waals surface area contributed by atoms with E-state index >= 15 is 0 Å². The minimum absolute atomic E-state index is 0.0513. The number of aromatic carboxylic acids is 1. The van der Waals surface area contributed by atoms with Gasteiger partial charge >= 0.3 is 5.97 Å². The summed E-state index contributed by atoms with van der Waals surface area (Å²) < 4.78 is 31.5. The van der Waals surface area contributed by atoms with Gasteiger partial charge in [0.1, 0.15) is 10.5 Å². The van der Waals surface area contributed by atoms with Gasteiger partial charge in [-0.1, -0.05) is 18.5 Å². The largest absolute Gasteiger partial charge is 0.494 e. The number of methoxy groups -OCH3 is 1. The van der Waals surface area contributed by atoms with Crippen LogP contribution in [0.4, 0.5) is 0 Å². The van der Waals surface area contributed by atoms with Gasteiger partial charge in [0.15, 0.2) is 5.75 Å². The van der Waals surface area contributed by atoms with Gasteiger partial charge < -0.3 is 14.9 Å². The molecule has 3 N–H and O–H groups in total. The number of benzene rings is 1. The second-order valence-electron chi connectivity index (χ2n) is 4.20. The molecule has 7 nitrogen and oxygen atoms in total. The van der Waals surface area contributed by atoms with Crippen molar-refractivity contribution in [1.82, 2.24) is 4.72 Å². The summed E-state index contributed by atoms with van der Waals surface area (Å²) >= 11 is 5.76. The van der Waals surface area contributed by atoms with Crippen LogP contribution in [0.2, 0.25) is 5.02 Å². The number of hydrogen-bond donors (Lipinski definition) is 3. The Bertz CT molecular complexity index is 631. The minimum atomic E-state index is -4.07. The molecule has 0 amide bonds. The van der Waals surface area contributed by atoms with Crippen molar-refractivity contribution >= 4 is 27.6 Å². The lowest BCUT2D eigenvalue weighted by Gasteiger charge is -2.14. The van der Waals surface area contributed by atoms with Crippen molar-refractivity contribution in [2.24, 2.45) is 0 Å². The summed E-state index contributed by atoms with van der Waals surface area (Å²) in [5, 5.41) is 18.4. The molecule has 1 unspecified atom stereocenters. The number of carbonyl (C=O) groups is 1. The molecule has 0 aliphatic rings. The molecule has 9 heteroatoms. The number of carboxylic acid groups (broad SMARTS) is 1. The van der Waals surface area contributed by atoms with Crippen molar-refractivity contribution in [3.05, 3.63) is 22.7 Å². The Morgan fingerprint density at radius 1 is 1.48 bits per heavy atom. The number of carboxylic acids is 1. The van der Waals surface area contributed by atoms with E-state index in [1.165, 1.54) is 0 Å². The summed E-state index contributed by atoms with van der Waals surface area (Å²) in [6.45, 7) is 1.50. The van der Waals surface area contributed by atoms with Crippen LogP contribution in [0.1, 0.15) is 23.7 Å². The molecule has 0 fully saturated rings. The summed E-state index contributed by atoms with van der Waals surface area (Å²) in [6, 6.07) is 2.19. The van der Waals surface area contributed by atoms with Crippen molar-refractivity contribution in [2.75, 3.05) is 13.7 Å². The molecule has 1 aromatic rings. The first-order valence-corrected chi connectivity index (χ1v) is 7.87. The van der Waals surface area contributed by atoms with Gasteiger partial charge in [-0.05, 0) is 18.6 Å². The average Bonchev–Trinajstić information content (AvgIpc) is 2.43. The Hall–Kier alpha value is -1.35. The van der Waals surface area contributed by atoms with Crippen molar-refractivity contribution in [1.29, 1.82) is 0 Å². The standard InChI is InChI=1S/C12H16ClNO6S/c1-3-8(15)6-14-21(18,19)10-5-7(13)4-9(12(16)17)11(10)20-2/h4-5,8,14-15H,3,6H2,1-2H3,(H,16,17). The van der Waals surface area contributed by atoms with Gasteiger partial charge in [0.2, 0.25) is 10.0 Å². The third-order valence-electron chi connectivity index (χ3n) is 2.72. The molecule has 0 saturated heterocycles. The van der Waals surface area contributed by atoms with Gasteiger partial charge in [-0.2, -0.15) is 0 Å². The molecule has 0 bridgehead atoms. The van der Waals surface area contributed by atoms with E-state index in [0.29, 0.717) is 6.42 Å². The molecular formula is C12H16ClNO6S. The number of rotatable bonds is 7. The number of aliphatic hydroxyl groups excluding tert-OH is 1. The van der Waals surface area contributed by atoms with E-state index in [1.807, 2.05) is 0 Å². The lowest BCUT2D eigenvalue weighted by molar-refractivity contribution is 0.0692. The molecule has 0 aromatic heterocycles. The number of halogens is 1. The van der Waals surface area contributed by atoms with E-state index in [4.69, 9.17) is 21.4 Å². The molecule has 21 heavy (non-hydrogen) atoms. The van der Waals surface area contributed by atoms with Crippen LogP contribution in [0.3, 0.4) is 0 Å². The lowest BCUT2D eigenvalue weighted by atomic mass is 10.2. The monoisotopic (exact) mass is 337 g/mol. The Morgan fingerprint density at radius 2 is 2.10 bits per heavy atom. The first-order valence-electron chi connectivity index (χ1n) is 6.01. The highest BCUT2D eigenvalue weighted by Crippen LogP contribution is 2.31. The fraction of sp³-hybridized carbons (Fsp3) is 0.417. The third-order valence-corrected chi connectivity index (χ3v) is 4.37. The van der Waals surface area contributed by atoms with Gasteiger partial charge in [0.25, 0.3) is 0 Å². The van der Waals surface area contributed by atoms with E-state index in [-0.39, 0.29) is 22.9 Å². The van der Waals surface area contributed by atoms with Crippen LogP contribution in [-0.4, -0.2) is 44.4 Å². The van der Waals surface area contributed by atoms with E-state index in [9.17, 15) is 18.3 Å². The normalized spacial score (nSPS) is 13.0. The fourth-order valence-corrected chi connectivity index (χ4v) is 3.14. The molecule has 0 saturated carbocycles. The summed E-state index contributed by atoms with van der Waals surface area (Å²) in [6.07, 6.45) is -0.473. The second-order valence-corrected chi connectivity index (χ2v) is 6.38. The fourth-order valence-electron chi connectivity index (χ4n) is 1.57. The maximum absolute atomic E-state index is 12.2. The van der Waals surface area contributed by atoms with Crippen molar-refractivity contribution < 1.29 is 28.2 Å². The molecule has 0 radical (unpaired) electrons. The summed E-state index contributed by atoms with van der Waals surface area (Å²) in [5.41, 5.74) is -0.360. The van der Waals surface area contributed by atoms with E-state index in [0.717, 1.165) is 19.2 Å². The lowest BCUT2D eigenvalue weighted by Crippen LogP contribution is -2.32. The highest BCUT2D eigenvalue weighted by Gasteiger charge is 2.26. The Kier molecular flexibility index (Phi) is 5.97. The van der Waals surface area contributed by atoms with Crippen molar-refractivity contribution in [2.45, 2.75) is 24.3 Å². The van der Waals surface area contributed by atoms with Gasteiger partial charge in [0.05, 0.1) is 13.2 Å². The van der Waals surface area contributed by atoms with E-state index in [2.05, 4.69) is 4.72 Å². The number of nitrogens with one attached hydrogen (secondary N) is 1. The molecule has 118 valence electrons. The average molecular weight is 338 g/mol. The maximum Gasteiger partial charge on any atom is 0.339 e. The van der Waals surface area contributed by atoms with Crippen molar-refractivity contribution in [3.8, 4) is 5.75 Å². The quantitative estimate of drug-likeness (QED) is 0.686. The van der Waals surface area contributed by atoms with Crippen LogP contribution in [0.5, 0.6) is 5.75 Å². The predicted octanol–water partition coefficient (Wildman–Crippen LogP) is 1.10. The van der Waals surface area contributed by atoms with Gasteiger partial charge in [-0.25, -0.2) is 17.9 Å². The smallest absolute Gasteiger partial charge is 0.339 e. The zero-order chi connectivity index (χ0) is 16.2. The molecule has 1 aromatic carbocycles. The number of aliphatic hydroxyl groups is 1. The van der Waals surface area contributed by atoms with Crippen LogP contribution >= 0.6 is 11.6 Å². The molecule has 1 atom stereocenters. The highest BCUT2D eigenvalue weighted by atomic mass is 35.5. The van der Waals surface area contributed by atoms with Crippen LogP contribution < -0.4 is 9.46 Å². The van der Waals surface area contributed by atoms with E-state index in [1.54, 1.807) is 6.92 Å². The molecule has 0 spiro atoms. The highest BCUT2D eigenvalue weighted by molar-refractivity contribution is 7.89. The molecule has 1 rings (SSSR count). The topological polar surface area (TPSA) is 113 Å². The zero-order valence-electron chi connectivity index (χ0n) is 11.5. The van der Waals surface area contributed by atoms with Gasteiger partial charge in [-0.3, -0.25) is 0 Å². The number of ether oxygens (including phenoxy) is 1. The predicted molar refractivity (Wildman–Crippen MR) is 76.4 cm³/mol. The summed E-state index contributed by atoms with van der Waals surface area (Å²) in [4.78, 5) is 10.7. The third kappa shape index (κ3) is 4.31. The number of sulfonamides is 1. The van der Waals surface area contributed by atoms with Crippen molar-refractivity contribution in [3.63, 3.8) is 0 Å². The summed E-state index contributed by atoms with van der Waals surface area (Å²) in [5.74, 6) is -1.68. The second kappa shape index (κ2) is 7.08. The van der Waals surface area contributed by atoms with Crippen LogP contribution in [0, 0.1) is 0 Å². The first-order chi connectivity index (χ1) is 9.72. The van der Waals surface area contributed by atoms with E-state index < -0.39 is 27.0 Å². The Balaban J connectivity index is 3.31. The van der Waals surface area contributed by atoms with Crippen LogP contribution in [-0.2, 0) is 10.0 Å². The zero-order valence-corrected chi connectivity index (χ0v) is 13.0. The first kappa shape index (κ1) is 17.7.